The van der Waals surface area contributed by atoms with Crippen LogP contribution in [-0.2, 0) is 30.2 Å². The van der Waals surface area contributed by atoms with Crippen LogP contribution in [0.4, 0.5) is 4.79 Å². The Labute approximate surface area is 176 Å². The number of ether oxygens (including phenoxy) is 3. The van der Waals surface area contributed by atoms with Crippen LogP contribution in [0.5, 0.6) is 0 Å². The molecular formula is C22H30N2O6. The summed E-state index contributed by atoms with van der Waals surface area (Å²) in [6.45, 7) is 6.14. The zero-order valence-electron chi connectivity index (χ0n) is 17.7. The Morgan fingerprint density at radius 3 is 2.63 bits per heavy atom. The maximum absolute atomic E-state index is 12.7. The lowest BCUT2D eigenvalue weighted by Gasteiger charge is -2.24. The van der Waals surface area contributed by atoms with E-state index < -0.39 is 29.9 Å². The molecule has 0 bridgehead atoms. The van der Waals surface area contributed by atoms with Crippen molar-refractivity contribution in [3.05, 3.63) is 35.9 Å². The Morgan fingerprint density at radius 1 is 1.20 bits per heavy atom. The lowest BCUT2D eigenvalue weighted by Crippen LogP contribution is -2.50. The number of hydrogen-bond acceptors (Lipinski definition) is 6. The molecule has 2 fully saturated rings. The first-order valence-electron chi connectivity index (χ1n) is 10.4. The molecule has 0 radical (unpaired) electrons. The van der Waals surface area contributed by atoms with Crippen molar-refractivity contribution in [1.29, 1.82) is 0 Å². The van der Waals surface area contributed by atoms with Crippen molar-refractivity contribution >= 4 is 17.8 Å². The second kappa shape index (κ2) is 9.57. The molecule has 1 aromatic carbocycles. The van der Waals surface area contributed by atoms with E-state index in [0.29, 0.717) is 6.61 Å². The van der Waals surface area contributed by atoms with Crippen LogP contribution in [0.3, 0.4) is 0 Å². The van der Waals surface area contributed by atoms with Crippen molar-refractivity contribution in [2.75, 3.05) is 19.8 Å². The van der Waals surface area contributed by atoms with Crippen molar-refractivity contribution in [1.82, 2.24) is 10.6 Å². The number of rotatable bonds is 8. The Bertz CT molecular complexity index is 768. The van der Waals surface area contributed by atoms with Crippen LogP contribution < -0.4 is 10.6 Å². The normalized spacial score (nSPS) is 26.1. The minimum atomic E-state index is -0.867. The third-order valence-corrected chi connectivity index (χ3v) is 5.70. The van der Waals surface area contributed by atoms with E-state index in [2.05, 4.69) is 10.6 Å². The maximum Gasteiger partial charge on any atom is 0.408 e. The van der Waals surface area contributed by atoms with Gasteiger partial charge in [0, 0.05) is 12.3 Å². The first-order chi connectivity index (χ1) is 14.3. The minimum Gasteiger partial charge on any atom is -0.443 e. The van der Waals surface area contributed by atoms with Gasteiger partial charge in [0.1, 0.15) is 12.1 Å². The molecule has 0 saturated carbocycles. The molecule has 2 aliphatic rings. The highest BCUT2D eigenvalue weighted by Crippen LogP contribution is 2.41. The summed E-state index contributed by atoms with van der Waals surface area (Å²) in [5.41, 5.74) is 0.883. The van der Waals surface area contributed by atoms with Gasteiger partial charge in [-0.2, -0.15) is 0 Å². The van der Waals surface area contributed by atoms with Crippen LogP contribution in [0.25, 0.3) is 0 Å². The van der Waals surface area contributed by atoms with E-state index in [-0.39, 0.29) is 37.2 Å². The second-order valence-electron chi connectivity index (χ2n) is 8.24. The van der Waals surface area contributed by atoms with Gasteiger partial charge in [-0.25, -0.2) is 4.79 Å². The molecule has 0 unspecified atom stereocenters. The fourth-order valence-electron chi connectivity index (χ4n) is 3.78. The van der Waals surface area contributed by atoms with Gasteiger partial charge in [0.2, 0.25) is 5.91 Å². The summed E-state index contributed by atoms with van der Waals surface area (Å²) in [5, 5.41) is 5.28. The van der Waals surface area contributed by atoms with Crippen LogP contribution in [0.1, 0.15) is 32.8 Å². The molecule has 4 atom stereocenters. The number of carbonyl (C=O) groups excluding carboxylic acids is 3. The quantitative estimate of drug-likeness (QED) is 0.668. The number of benzene rings is 1. The summed E-state index contributed by atoms with van der Waals surface area (Å²) >= 11 is 0. The Balaban J connectivity index is 1.61. The molecule has 1 aromatic rings. The average molecular weight is 418 g/mol. The standard InChI is InChI=1S/C22H30N2O6/c1-14(2)18(25)12-23-20(26)17(11-15-7-5-4-6-8-15)24-21(27)30-19-13-29-22(3)16(19)9-10-28-22/h4-8,14,16-17,19H,9-13H2,1-3H3,(H,23,26)(H,24,27)/t16-,17-,19-,22+/m0/s1. The number of fused-ring (bicyclic) bond motifs is 1. The summed E-state index contributed by atoms with van der Waals surface area (Å²) < 4.78 is 16.9. The van der Waals surface area contributed by atoms with E-state index in [1.807, 2.05) is 37.3 Å². The Kier molecular flexibility index (Phi) is 7.10. The Hall–Kier alpha value is -2.45. The van der Waals surface area contributed by atoms with E-state index in [9.17, 15) is 14.4 Å². The third-order valence-electron chi connectivity index (χ3n) is 5.70. The van der Waals surface area contributed by atoms with Crippen molar-refractivity contribution in [3.8, 4) is 0 Å². The summed E-state index contributed by atoms with van der Waals surface area (Å²) in [6.07, 6.45) is -0.0885. The molecule has 8 nitrogen and oxygen atoms in total. The molecule has 0 spiro atoms. The van der Waals surface area contributed by atoms with Gasteiger partial charge in [-0.05, 0) is 18.9 Å². The van der Waals surface area contributed by atoms with Gasteiger partial charge in [-0.1, -0.05) is 44.2 Å². The van der Waals surface area contributed by atoms with Crippen molar-refractivity contribution in [2.24, 2.45) is 11.8 Å². The van der Waals surface area contributed by atoms with Crippen LogP contribution in [0, 0.1) is 11.8 Å². The molecule has 3 rings (SSSR count). The lowest BCUT2D eigenvalue weighted by molar-refractivity contribution is -0.181. The monoisotopic (exact) mass is 418 g/mol. The van der Waals surface area contributed by atoms with E-state index in [4.69, 9.17) is 14.2 Å². The van der Waals surface area contributed by atoms with Crippen molar-refractivity contribution < 1.29 is 28.6 Å². The minimum absolute atomic E-state index is 0.0340. The van der Waals surface area contributed by atoms with Gasteiger partial charge < -0.3 is 24.8 Å². The molecule has 8 heteroatoms. The predicted octanol–water partition coefficient (Wildman–Crippen LogP) is 1.82. The van der Waals surface area contributed by atoms with E-state index in [0.717, 1.165) is 12.0 Å². The fourth-order valence-corrected chi connectivity index (χ4v) is 3.78. The number of hydrogen-bond donors (Lipinski definition) is 2. The van der Waals surface area contributed by atoms with Gasteiger partial charge in [-0.15, -0.1) is 0 Å². The molecule has 2 heterocycles. The van der Waals surface area contributed by atoms with Crippen LogP contribution in [0.15, 0.2) is 30.3 Å². The summed E-state index contributed by atoms with van der Waals surface area (Å²) in [4.78, 5) is 37.1. The summed E-state index contributed by atoms with van der Waals surface area (Å²) in [5.74, 6) is -1.44. The molecule has 2 amide bonds. The van der Waals surface area contributed by atoms with Crippen molar-refractivity contribution in [2.45, 2.75) is 51.5 Å². The number of nitrogens with one attached hydrogen (secondary N) is 2. The molecule has 2 N–H and O–H groups in total. The number of Topliss-reactive ketones (excluding diaryl/α,β-unsaturated/α-hetero) is 1. The van der Waals surface area contributed by atoms with E-state index >= 15 is 0 Å². The van der Waals surface area contributed by atoms with Gasteiger partial charge in [0.15, 0.2) is 11.6 Å². The SMILES string of the molecule is CC(C)C(=O)CNC(=O)[C@H](Cc1ccccc1)NC(=O)O[C@H]1CO[C@@]2(C)OCC[C@@H]12. The van der Waals surface area contributed by atoms with Crippen LogP contribution >= 0.6 is 0 Å². The highest BCUT2D eigenvalue weighted by Gasteiger charge is 2.53. The number of carbonyl (C=O) groups is 3. The molecule has 2 saturated heterocycles. The molecule has 164 valence electrons. The molecule has 2 aliphatic heterocycles. The van der Waals surface area contributed by atoms with Gasteiger partial charge >= 0.3 is 6.09 Å². The largest absolute Gasteiger partial charge is 0.443 e. The second-order valence-corrected chi connectivity index (χ2v) is 8.24. The molecule has 30 heavy (non-hydrogen) atoms. The fraction of sp³-hybridized carbons (Fsp3) is 0.591. The van der Waals surface area contributed by atoms with Gasteiger partial charge in [-0.3, -0.25) is 9.59 Å². The van der Waals surface area contributed by atoms with Crippen LogP contribution in [-0.4, -0.2) is 55.5 Å². The maximum atomic E-state index is 12.7. The van der Waals surface area contributed by atoms with Crippen LogP contribution in [0.2, 0.25) is 0 Å². The Morgan fingerprint density at radius 2 is 1.93 bits per heavy atom. The predicted molar refractivity (Wildman–Crippen MR) is 109 cm³/mol. The zero-order chi connectivity index (χ0) is 21.7. The first kappa shape index (κ1) is 22.2. The average Bonchev–Trinajstić information content (AvgIpc) is 3.23. The first-order valence-corrected chi connectivity index (χ1v) is 10.4. The number of amides is 2. The lowest BCUT2D eigenvalue weighted by atomic mass is 9.96. The smallest absolute Gasteiger partial charge is 0.408 e. The zero-order valence-corrected chi connectivity index (χ0v) is 17.7. The van der Waals surface area contributed by atoms with Gasteiger partial charge in [0.05, 0.1) is 25.7 Å². The summed E-state index contributed by atoms with van der Waals surface area (Å²) in [6, 6.07) is 8.48. The third kappa shape index (κ3) is 5.37. The molecular weight excluding hydrogens is 388 g/mol. The topological polar surface area (TPSA) is 103 Å². The van der Waals surface area contributed by atoms with Crippen molar-refractivity contribution in [3.63, 3.8) is 0 Å². The number of alkyl carbamates (subject to hydrolysis) is 1. The number of ketones is 1. The van der Waals surface area contributed by atoms with E-state index in [1.54, 1.807) is 13.8 Å². The highest BCUT2D eigenvalue weighted by molar-refractivity contribution is 5.90. The van der Waals surface area contributed by atoms with Gasteiger partial charge in [0.25, 0.3) is 0 Å². The summed E-state index contributed by atoms with van der Waals surface area (Å²) in [7, 11) is 0. The molecule has 0 aliphatic carbocycles. The van der Waals surface area contributed by atoms with E-state index in [1.165, 1.54) is 0 Å². The molecule has 0 aromatic heterocycles. The highest BCUT2D eigenvalue weighted by atomic mass is 16.7.